The Balaban J connectivity index is 1.65. The average molecular weight is 492 g/mol. The smallest absolute Gasteiger partial charge is 0.252 e. The molecule has 1 aliphatic heterocycles. The van der Waals surface area contributed by atoms with Crippen LogP contribution < -0.4 is 15.2 Å². The van der Waals surface area contributed by atoms with Crippen molar-refractivity contribution in [1.82, 2.24) is 24.2 Å². The van der Waals surface area contributed by atoms with Gasteiger partial charge >= 0.3 is 0 Å². The molecule has 1 fully saturated rings. The molecule has 3 aromatic rings. The normalized spacial score (nSPS) is 19.6. The number of fused-ring (bicyclic) bond motifs is 1. The Morgan fingerprint density at radius 1 is 1.17 bits per heavy atom. The second-order valence-corrected chi connectivity index (χ2v) is 9.89. The largest absolute Gasteiger partial charge is 0.475 e. The van der Waals surface area contributed by atoms with Gasteiger partial charge in [-0.15, -0.1) is 0 Å². The molecule has 9 nitrogen and oxygen atoms in total. The minimum Gasteiger partial charge on any atom is -0.475 e. The Morgan fingerprint density at radius 3 is 2.53 bits per heavy atom. The number of anilines is 1. The molecule has 0 spiro atoms. The Hall–Kier alpha value is -3.38. The number of nitriles is 1. The molecule has 0 N–H and O–H groups in total. The SMILES string of the molecule is CC[C@H]1CN(C(C)c2ccc(OC(C)C)nc2)[C@H](CC)CN1c1cc(=O)n(C)c2cn(CC#N)nc12. The van der Waals surface area contributed by atoms with Crippen molar-refractivity contribution >= 4 is 16.7 Å². The highest BCUT2D eigenvalue weighted by Gasteiger charge is 2.36. The van der Waals surface area contributed by atoms with Gasteiger partial charge in [-0.3, -0.25) is 14.4 Å². The second-order valence-electron chi connectivity index (χ2n) is 9.89. The first-order chi connectivity index (χ1) is 17.3. The quantitative estimate of drug-likeness (QED) is 0.472. The van der Waals surface area contributed by atoms with Gasteiger partial charge in [-0.2, -0.15) is 10.4 Å². The fraction of sp³-hybridized carbons (Fsp3) is 0.556. The third-order valence-electron chi connectivity index (χ3n) is 7.26. The number of piperazine rings is 1. The molecule has 3 aromatic heterocycles. The molecule has 0 saturated carbocycles. The summed E-state index contributed by atoms with van der Waals surface area (Å²) in [6.07, 6.45) is 5.73. The van der Waals surface area contributed by atoms with Gasteiger partial charge in [0.25, 0.3) is 5.56 Å². The maximum atomic E-state index is 12.9. The molecule has 0 radical (unpaired) electrons. The van der Waals surface area contributed by atoms with E-state index in [9.17, 15) is 4.79 Å². The van der Waals surface area contributed by atoms with Gasteiger partial charge < -0.3 is 14.2 Å². The van der Waals surface area contributed by atoms with Crippen LogP contribution in [0.5, 0.6) is 5.88 Å². The summed E-state index contributed by atoms with van der Waals surface area (Å²) >= 11 is 0. The average Bonchev–Trinajstić information content (AvgIpc) is 3.29. The minimum absolute atomic E-state index is 0.0671. The van der Waals surface area contributed by atoms with E-state index in [4.69, 9.17) is 10.00 Å². The van der Waals surface area contributed by atoms with E-state index in [0.717, 1.165) is 42.7 Å². The van der Waals surface area contributed by atoms with E-state index in [0.29, 0.717) is 11.9 Å². The molecule has 1 aliphatic rings. The predicted molar refractivity (Wildman–Crippen MR) is 141 cm³/mol. The molecule has 192 valence electrons. The Kier molecular flexibility index (Phi) is 7.65. The van der Waals surface area contributed by atoms with Gasteiger partial charge in [-0.1, -0.05) is 19.9 Å². The van der Waals surface area contributed by atoms with E-state index in [1.54, 1.807) is 28.6 Å². The summed E-state index contributed by atoms with van der Waals surface area (Å²) in [7, 11) is 1.75. The fourth-order valence-corrected chi connectivity index (χ4v) is 5.21. The summed E-state index contributed by atoms with van der Waals surface area (Å²) in [6.45, 7) is 12.5. The maximum Gasteiger partial charge on any atom is 0.252 e. The summed E-state index contributed by atoms with van der Waals surface area (Å²) in [5.74, 6) is 0.648. The number of rotatable bonds is 8. The predicted octanol–water partition coefficient (Wildman–Crippen LogP) is 3.88. The number of nitrogens with zero attached hydrogens (tertiary/aromatic N) is 7. The summed E-state index contributed by atoms with van der Waals surface area (Å²) in [5.41, 5.74) is 3.48. The third kappa shape index (κ3) is 4.96. The van der Waals surface area contributed by atoms with Crippen LogP contribution in [-0.2, 0) is 13.6 Å². The highest BCUT2D eigenvalue weighted by Crippen LogP contribution is 2.34. The van der Waals surface area contributed by atoms with E-state index in [2.05, 4.69) is 52.8 Å². The van der Waals surface area contributed by atoms with Gasteiger partial charge in [0.1, 0.15) is 12.1 Å². The first-order valence-corrected chi connectivity index (χ1v) is 12.9. The monoisotopic (exact) mass is 491 g/mol. The molecule has 4 heterocycles. The van der Waals surface area contributed by atoms with Gasteiger partial charge in [0.2, 0.25) is 5.88 Å². The van der Waals surface area contributed by atoms with Crippen LogP contribution in [0.1, 0.15) is 59.1 Å². The van der Waals surface area contributed by atoms with Crippen LogP contribution in [0.25, 0.3) is 11.0 Å². The topological polar surface area (TPSA) is 92.2 Å². The molecule has 1 saturated heterocycles. The lowest BCUT2D eigenvalue weighted by Gasteiger charge is -2.49. The van der Waals surface area contributed by atoms with E-state index < -0.39 is 0 Å². The molecular formula is C27H37N7O2. The lowest BCUT2D eigenvalue weighted by atomic mass is 9.97. The van der Waals surface area contributed by atoms with Crippen molar-refractivity contribution in [1.29, 1.82) is 5.26 Å². The molecule has 36 heavy (non-hydrogen) atoms. The van der Waals surface area contributed by atoms with Crippen molar-refractivity contribution in [2.45, 2.75) is 78.2 Å². The van der Waals surface area contributed by atoms with Crippen molar-refractivity contribution in [3.63, 3.8) is 0 Å². The highest BCUT2D eigenvalue weighted by atomic mass is 16.5. The lowest BCUT2D eigenvalue weighted by molar-refractivity contribution is 0.101. The Morgan fingerprint density at radius 2 is 1.92 bits per heavy atom. The van der Waals surface area contributed by atoms with Gasteiger partial charge in [0, 0.05) is 56.6 Å². The van der Waals surface area contributed by atoms with Crippen LogP contribution in [0.2, 0.25) is 0 Å². The first kappa shape index (κ1) is 25.7. The zero-order valence-corrected chi connectivity index (χ0v) is 22.2. The molecule has 0 bridgehead atoms. The van der Waals surface area contributed by atoms with E-state index in [1.165, 1.54) is 5.56 Å². The maximum absolute atomic E-state index is 12.9. The number of hydrogen-bond donors (Lipinski definition) is 0. The van der Waals surface area contributed by atoms with Crippen molar-refractivity contribution in [3.05, 3.63) is 46.5 Å². The molecule has 0 amide bonds. The third-order valence-corrected chi connectivity index (χ3v) is 7.26. The van der Waals surface area contributed by atoms with Crippen LogP contribution in [0.3, 0.4) is 0 Å². The summed E-state index contributed by atoms with van der Waals surface area (Å²) in [6, 6.07) is 8.64. The van der Waals surface area contributed by atoms with E-state index >= 15 is 0 Å². The molecule has 1 unspecified atom stereocenters. The lowest BCUT2D eigenvalue weighted by Crippen LogP contribution is -2.58. The van der Waals surface area contributed by atoms with Crippen LogP contribution in [0.4, 0.5) is 5.69 Å². The number of ether oxygens (including phenoxy) is 1. The van der Waals surface area contributed by atoms with Crippen LogP contribution >= 0.6 is 0 Å². The number of aryl methyl sites for hydroxylation is 1. The van der Waals surface area contributed by atoms with Crippen molar-refractivity contribution in [3.8, 4) is 11.9 Å². The second kappa shape index (κ2) is 10.7. The van der Waals surface area contributed by atoms with Gasteiger partial charge in [0.05, 0.1) is 29.6 Å². The standard InChI is InChI=1S/C27H37N7O2/c1-7-21-16-34(23-13-26(35)31(6)24-17-32(12-11-28)30-27(23)24)22(8-2)15-33(21)19(5)20-9-10-25(29-14-20)36-18(3)4/h9-10,13-14,17-19,21-22H,7-8,12,15-16H2,1-6H3/t19?,21-,22+/m1/s1. The van der Waals surface area contributed by atoms with Gasteiger partial charge in [-0.05, 0) is 39.2 Å². The number of aromatic nitrogens is 4. The van der Waals surface area contributed by atoms with Gasteiger partial charge in [-0.25, -0.2) is 4.98 Å². The summed E-state index contributed by atoms with van der Waals surface area (Å²) in [4.78, 5) is 22.3. The zero-order valence-electron chi connectivity index (χ0n) is 22.2. The van der Waals surface area contributed by atoms with E-state index in [-0.39, 0.29) is 30.3 Å². The van der Waals surface area contributed by atoms with Crippen molar-refractivity contribution in [2.75, 3.05) is 18.0 Å². The molecular weight excluding hydrogens is 454 g/mol. The number of hydrogen-bond acceptors (Lipinski definition) is 7. The zero-order chi connectivity index (χ0) is 26.0. The van der Waals surface area contributed by atoms with Gasteiger partial charge in [0.15, 0.2) is 0 Å². The first-order valence-electron chi connectivity index (χ1n) is 12.9. The summed E-state index contributed by atoms with van der Waals surface area (Å²) in [5, 5.41) is 13.8. The molecule has 4 rings (SSSR count). The number of pyridine rings is 2. The fourth-order valence-electron chi connectivity index (χ4n) is 5.21. The van der Waals surface area contributed by atoms with Crippen molar-refractivity contribution < 1.29 is 4.74 Å². The molecule has 3 atom stereocenters. The summed E-state index contributed by atoms with van der Waals surface area (Å²) < 4.78 is 8.94. The highest BCUT2D eigenvalue weighted by molar-refractivity contribution is 5.88. The minimum atomic E-state index is -0.0671. The van der Waals surface area contributed by atoms with Crippen LogP contribution in [-0.4, -0.2) is 55.5 Å². The molecule has 0 aliphatic carbocycles. The van der Waals surface area contributed by atoms with Crippen LogP contribution in [0, 0.1) is 11.3 Å². The van der Waals surface area contributed by atoms with Crippen molar-refractivity contribution in [2.24, 2.45) is 7.05 Å². The van der Waals surface area contributed by atoms with E-state index in [1.807, 2.05) is 26.1 Å². The Labute approximate surface area is 212 Å². The Bertz CT molecular complexity index is 1290. The molecule has 0 aromatic carbocycles. The molecule has 9 heteroatoms. The van der Waals surface area contributed by atoms with Crippen LogP contribution in [0.15, 0.2) is 35.4 Å².